The predicted molar refractivity (Wildman–Crippen MR) is 81.7 cm³/mol. The highest BCUT2D eigenvalue weighted by Gasteiger charge is 2.30. The lowest BCUT2D eigenvalue weighted by Crippen LogP contribution is -2.31. The Balaban J connectivity index is 1.66. The minimum Gasteiger partial charge on any atom is -0.391 e. The summed E-state index contributed by atoms with van der Waals surface area (Å²) < 4.78 is 12.9. The van der Waals surface area contributed by atoms with Crippen LogP contribution in [0.15, 0.2) is 48.5 Å². The van der Waals surface area contributed by atoms with Crippen LogP contribution in [-0.4, -0.2) is 17.8 Å². The van der Waals surface area contributed by atoms with E-state index >= 15 is 0 Å². The first kappa shape index (κ1) is 14.2. The molecule has 1 aliphatic carbocycles. The van der Waals surface area contributed by atoms with Gasteiger partial charge in [-0.2, -0.15) is 0 Å². The first-order valence-electron chi connectivity index (χ1n) is 7.40. The zero-order valence-corrected chi connectivity index (χ0v) is 12.1. The lowest BCUT2D eigenvalue weighted by molar-refractivity contribution is 0.141. The fourth-order valence-corrected chi connectivity index (χ4v) is 3.03. The number of benzene rings is 2. The summed E-state index contributed by atoms with van der Waals surface area (Å²) in [5.74, 6) is 0.0598. The summed E-state index contributed by atoms with van der Waals surface area (Å²) in [7, 11) is 0. The molecule has 2 N–H and O–H groups in total. The van der Waals surface area contributed by atoms with Crippen LogP contribution in [0.3, 0.4) is 0 Å². The molecule has 0 amide bonds. The Morgan fingerprint density at radius 1 is 1.19 bits per heavy atom. The van der Waals surface area contributed by atoms with Crippen LogP contribution in [0.1, 0.15) is 35.6 Å². The van der Waals surface area contributed by atoms with Gasteiger partial charge in [0.15, 0.2) is 0 Å². The van der Waals surface area contributed by atoms with Gasteiger partial charge in [-0.25, -0.2) is 4.39 Å². The standard InChI is InChI=1S/C18H20FNO/c1-12(13-6-8-15(19)9-7-13)11-20-18-16-5-3-2-4-14(16)10-17(18)21/h2-9,12,17-18,20-21H,10-11H2,1H3/t12?,17-,18+/m0/s1. The van der Waals surface area contributed by atoms with Crippen LogP contribution >= 0.6 is 0 Å². The Bertz CT molecular complexity index is 611. The summed E-state index contributed by atoms with van der Waals surface area (Å²) in [5.41, 5.74) is 3.51. The first-order valence-corrected chi connectivity index (χ1v) is 7.40. The van der Waals surface area contributed by atoms with E-state index in [2.05, 4.69) is 24.4 Å². The molecule has 0 spiro atoms. The smallest absolute Gasteiger partial charge is 0.123 e. The van der Waals surface area contributed by atoms with E-state index in [1.54, 1.807) is 0 Å². The number of aliphatic hydroxyl groups excluding tert-OH is 1. The molecule has 0 saturated carbocycles. The van der Waals surface area contributed by atoms with Crippen molar-refractivity contribution in [3.05, 3.63) is 71.0 Å². The zero-order valence-electron chi connectivity index (χ0n) is 12.1. The van der Waals surface area contributed by atoms with E-state index in [4.69, 9.17) is 0 Å². The third kappa shape index (κ3) is 2.99. The van der Waals surface area contributed by atoms with Crippen molar-refractivity contribution < 1.29 is 9.50 Å². The number of nitrogens with one attached hydrogen (secondary N) is 1. The molecule has 1 unspecified atom stereocenters. The van der Waals surface area contributed by atoms with Gasteiger partial charge in [-0.1, -0.05) is 43.3 Å². The van der Waals surface area contributed by atoms with Gasteiger partial charge in [0.05, 0.1) is 12.1 Å². The topological polar surface area (TPSA) is 32.3 Å². The zero-order chi connectivity index (χ0) is 14.8. The van der Waals surface area contributed by atoms with E-state index in [1.807, 2.05) is 24.3 Å². The number of rotatable bonds is 4. The average Bonchev–Trinajstić information content (AvgIpc) is 2.81. The summed E-state index contributed by atoms with van der Waals surface area (Å²) in [5, 5.41) is 13.7. The number of hydrogen-bond acceptors (Lipinski definition) is 2. The maximum atomic E-state index is 12.9. The summed E-state index contributed by atoms with van der Waals surface area (Å²) >= 11 is 0. The van der Waals surface area contributed by atoms with Crippen LogP contribution in [-0.2, 0) is 6.42 Å². The van der Waals surface area contributed by atoms with E-state index in [-0.39, 0.29) is 23.9 Å². The van der Waals surface area contributed by atoms with E-state index in [0.29, 0.717) is 6.42 Å². The van der Waals surface area contributed by atoms with Gasteiger partial charge in [0.1, 0.15) is 5.82 Å². The molecule has 1 aliphatic rings. The van der Waals surface area contributed by atoms with Crippen molar-refractivity contribution in [2.45, 2.75) is 31.4 Å². The molecule has 0 aromatic heterocycles. The molecule has 21 heavy (non-hydrogen) atoms. The van der Waals surface area contributed by atoms with Gasteiger partial charge >= 0.3 is 0 Å². The number of fused-ring (bicyclic) bond motifs is 1. The SMILES string of the molecule is CC(CN[C@@H]1c2ccccc2C[C@@H]1O)c1ccc(F)cc1. The molecule has 2 aromatic carbocycles. The normalized spacial score (nSPS) is 22.0. The van der Waals surface area contributed by atoms with Crippen LogP contribution in [0.5, 0.6) is 0 Å². The van der Waals surface area contributed by atoms with Gasteiger partial charge in [-0.15, -0.1) is 0 Å². The molecule has 0 fully saturated rings. The molecule has 3 heteroatoms. The maximum Gasteiger partial charge on any atom is 0.123 e. The van der Waals surface area contributed by atoms with Crippen LogP contribution in [0, 0.1) is 5.82 Å². The van der Waals surface area contributed by atoms with E-state index in [9.17, 15) is 9.50 Å². The molecule has 110 valence electrons. The van der Waals surface area contributed by atoms with Crippen molar-refractivity contribution in [3.8, 4) is 0 Å². The van der Waals surface area contributed by atoms with Gasteiger partial charge in [-0.3, -0.25) is 0 Å². The molecule has 3 atom stereocenters. The summed E-state index contributed by atoms with van der Waals surface area (Å²) in [4.78, 5) is 0. The van der Waals surface area contributed by atoms with Gasteiger partial charge in [0, 0.05) is 13.0 Å². The van der Waals surface area contributed by atoms with Crippen molar-refractivity contribution >= 4 is 0 Å². The minimum absolute atomic E-state index is 0.0101. The van der Waals surface area contributed by atoms with E-state index < -0.39 is 0 Å². The predicted octanol–water partition coefficient (Wildman–Crippen LogP) is 3.18. The van der Waals surface area contributed by atoms with Crippen molar-refractivity contribution in [1.29, 1.82) is 0 Å². The molecule has 0 aliphatic heterocycles. The second kappa shape index (κ2) is 5.96. The second-order valence-electron chi connectivity index (χ2n) is 5.81. The molecule has 2 aromatic rings. The van der Waals surface area contributed by atoms with Crippen molar-refractivity contribution in [2.24, 2.45) is 0 Å². The van der Waals surface area contributed by atoms with Crippen LogP contribution in [0.25, 0.3) is 0 Å². The molecule has 0 saturated heterocycles. The Morgan fingerprint density at radius 2 is 1.90 bits per heavy atom. The summed E-state index contributed by atoms with van der Waals surface area (Å²) in [6.45, 7) is 2.86. The highest BCUT2D eigenvalue weighted by Crippen LogP contribution is 2.31. The Kier molecular flexibility index (Phi) is 4.04. The summed E-state index contributed by atoms with van der Waals surface area (Å²) in [6.07, 6.45) is 0.335. The number of hydrogen-bond donors (Lipinski definition) is 2. The van der Waals surface area contributed by atoms with Gasteiger partial charge in [0.2, 0.25) is 0 Å². The first-order chi connectivity index (χ1) is 10.1. The minimum atomic E-state index is -0.372. The van der Waals surface area contributed by atoms with Crippen molar-refractivity contribution in [3.63, 3.8) is 0 Å². The average molecular weight is 285 g/mol. The quantitative estimate of drug-likeness (QED) is 0.904. The third-order valence-electron chi connectivity index (χ3n) is 4.29. The molecule has 0 radical (unpaired) electrons. The molecular formula is C18H20FNO. The highest BCUT2D eigenvalue weighted by molar-refractivity contribution is 5.36. The fourth-order valence-electron chi connectivity index (χ4n) is 3.03. The van der Waals surface area contributed by atoms with Gasteiger partial charge < -0.3 is 10.4 Å². The van der Waals surface area contributed by atoms with Crippen LogP contribution in [0.4, 0.5) is 4.39 Å². The molecule has 0 heterocycles. The van der Waals surface area contributed by atoms with Crippen molar-refractivity contribution in [2.75, 3.05) is 6.54 Å². The van der Waals surface area contributed by atoms with Gasteiger partial charge in [-0.05, 0) is 34.7 Å². The fraction of sp³-hybridized carbons (Fsp3) is 0.333. The molecule has 3 rings (SSSR count). The second-order valence-corrected chi connectivity index (χ2v) is 5.81. The monoisotopic (exact) mass is 285 g/mol. The largest absolute Gasteiger partial charge is 0.391 e. The number of aliphatic hydroxyl groups is 1. The van der Waals surface area contributed by atoms with Gasteiger partial charge in [0.25, 0.3) is 0 Å². The maximum absolute atomic E-state index is 12.9. The molecule has 2 nitrogen and oxygen atoms in total. The summed E-state index contributed by atoms with van der Waals surface area (Å²) in [6, 6.07) is 14.8. The van der Waals surface area contributed by atoms with E-state index in [0.717, 1.165) is 12.1 Å². The lowest BCUT2D eigenvalue weighted by Gasteiger charge is -2.21. The lowest BCUT2D eigenvalue weighted by atomic mass is 10.00. The van der Waals surface area contributed by atoms with Crippen molar-refractivity contribution in [1.82, 2.24) is 5.32 Å². The Labute approximate surface area is 124 Å². The highest BCUT2D eigenvalue weighted by atomic mass is 19.1. The number of halogens is 1. The molecular weight excluding hydrogens is 265 g/mol. The van der Waals surface area contributed by atoms with Crippen LogP contribution in [0.2, 0.25) is 0 Å². The Hall–Kier alpha value is -1.71. The third-order valence-corrected chi connectivity index (χ3v) is 4.29. The molecule has 0 bridgehead atoms. The Morgan fingerprint density at radius 3 is 2.67 bits per heavy atom. The van der Waals surface area contributed by atoms with Crippen LogP contribution < -0.4 is 5.32 Å². The van der Waals surface area contributed by atoms with E-state index in [1.165, 1.54) is 23.3 Å².